The normalized spacial score (nSPS) is 20.9. The van der Waals surface area contributed by atoms with Gasteiger partial charge in [-0.05, 0) is 6.42 Å². The van der Waals surface area contributed by atoms with Crippen molar-refractivity contribution in [2.24, 2.45) is 0 Å². The average Bonchev–Trinajstić information content (AvgIpc) is 2.44. The van der Waals surface area contributed by atoms with E-state index in [0.717, 1.165) is 19.3 Å². The number of likely N-dealkylation sites (N-methyl/N-ethyl adjacent to an activating group) is 1. The molecule has 0 aromatic carbocycles. The quantitative estimate of drug-likeness (QED) is 0.540. The lowest BCUT2D eigenvalue weighted by Gasteiger charge is -2.15. The molecular weight excluding hydrogens is 192 g/mol. The average molecular weight is 212 g/mol. The van der Waals surface area contributed by atoms with E-state index < -0.39 is 0 Å². The first kappa shape index (κ1) is 12.0. The molecule has 1 rings (SSSR count). The summed E-state index contributed by atoms with van der Waals surface area (Å²) >= 11 is 0. The number of carbonyl (C=O) groups is 2. The monoisotopic (exact) mass is 212 g/mol. The predicted molar refractivity (Wildman–Crippen MR) is 58.5 cm³/mol. The summed E-state index contributed by atoms with van der Waals surface area (Å²) < 4.78 is 0. The Morgan fingerprint density at radius 1 is 1.20 bits per heavy atom. The van der Waals surface area contributed by atoms with E-state index in [1.165, 1.54) is 24.2 Å². The Bertz CT molecular complexity index is 241. The molecule has 0 aromatic heterocycles. The van der Waals surface area contributed by atoms with Gasteiger partial charge >= 0.3 is 6.03 Å². The minimum absolute atomic E-state index is 0.141. The van der Waals surface area contributed by atoms with Crippen molar-refractivity contribution >= 4 is 11.9 Å². The molecule has 0 radical (unpaired) electrons. The van der Waals surface area contributed by atoms with Crippen molar-refractivity contribution in [3.8, 4) is 0 Å². The standard InChI is InChI=1S/C11H20N2O2/c1-3-4-5-6-7-8-9-10(14)12-11(15)13(9)2/h9H,3-8H2,1-2H3,(H,12,14,15). The summed E-state index contributed by atoms with van der Waals surface area (Å²) in [6, 6.07) is -0.502. The topological polar surface area (TPSA) is 49.4 Å². The second-order valence-corrected chi connectivity index (χ2v) is 4.12. The number of hydrogen-bond donors (Lipinski definition) is 1. The zero-order valence-electron chi connectivity index (χ0n) is 9.58. The van der Waals surface area contributed by atoms with Crippen LogP contribution < -0.4 is 5.32 Å². The van der Waals surface area contributed by atoms with Crippen molar-refractivity contribution in [2.75, 3.05) is 7.05 Å². The van der Waals surface area contributed by atoms with E-state index in [1.807, 2.05) is 0 Å². The minimum Gasteiger partial charge on any atom is -0.315 e. The molecule has 0 aromatic rings. The summed E-state index contributed by atoms with van der Waals surface area (Å²) in [4.78, 5) is 24.0. The van der Waals surface area contributed by atoms with E-state index in [-0.39, 0.29) is 18.0 Å². The number of unbranched alkanes of at least 4 members (excludes halogenated alkanes) is 4. The lowest BCUT2D eigenvalue weighted by atomic mass is 10.1. The smallest absolute Gasteiger partial charge is 0.315 e. The van der Waals surface area contributed by atoms with Crippen molar-refractivity contribution in [1.82, 2.24) is 10.2 Å². The molecule has 1 aliphatic rings. The first-order valence-electron chi connectivity index (χ1n) is 5.74. The van der Waals surface area contributed by atoms with E-state index in [0.29, 0.717) is 0 Å². The van der Waals surface area contributed by atoms with Gasteiger partial charge in [-0.3, -0.25) is 10.1 Å². The van der Waals surface area contributed by atoms with Gasteiger partial charge in [-0.15, -0.1) is 0 Å². The van der Waals surface area contributed by atoms with Gasteiger partial charge in [0, 0.05) is 7.05 Å². The summed E-state index contributed by atoms with van der Waals surface area (Å²) in [6.07, 6.45) is 6.67. The number of rotatable bonds is 6. The van der Waals surface area contributed by atoms with Gasteiger partial charge in [0.2, 0.25) is 0 Å². The Kier molecular flexibility index (Phi) is 4.59. The molecular formula is C11H20N2O2. The summed E-state index contributed by atoms with van der Waals surface area (Å²) in [5.74, 6) is -0.141. The van der Waals surface area contributed by atoms with Crippen LogP contribution in [0.3, 0.4) is 0 Å². The molecule has 1 aliphatic heterocycles. The first-order chi connectivity index (χ1) is 7.16. The lowest BCUT2D eigenvalue weighted by Crippen LogP contribution is -2.31. The highest BCUT2D eigenvalue weighted by Crippen LogP contribution is 2.14. The highest BCUT2D eigenvalue weighted by atomic mass is 16.2. The summed E-state index contributed by atoms with van der Waals surface area (Å²) in [5, 5.41) is 2.32. The number of hydrogen-bond acceptors (Lipinski definition) is 2. The van der Waals surface area contributed by atoms with Gasteiger partial charge in [-0.25, -0.2) is 4.79 Å². The maximum absolute atomic E-state index is 11.3. The molecule has 1 heterocycles. The van der Waals surface area contributed by atoms with Crippen LogP contribution in [0.1, 0.15) is 45.4 Å². The highest BCUT2D eigenvalue weighted by Gasteiger charge is 2.34. The third-order valence-corrected chi connectivity index (χ3v) is 2.90. The zero-order valence-corrected chi connectivity index (χ0v) is 9.58. The maximum atomic E-state index is 11.3. The molecule has 4 heteroatoms. The van der Waals surface area contributed by atoms with Crippen LogP contribution in [0.2, 0.25) is 0 Å². The van der Waals surface area contributed by atoms with E-state index in [1.54, 1.807) is 7.05 Å². The number of imide groups is 1. The van der Waals surface area contributed by atoms with Gasteiger partial charge in [0.05, 0.1) is 0 Å². The van der Waals surface area contributed by atoms with Gasteiger partial charge in [-0.1, -0.05) is 39.0 Å². The fourth-order valence-corrected chi connectivity index (χ4v) is 1.86. The molecule has 1 fully saturated rings. The Balaban J connectivity index is 2.20. The van der Waals surface area contributed by atoms with Gasteiger partial charge < -0.3 is 4.90 Å². The molecule has 0 spiro atoms. The van der Waals surface area contributed by atoms with Crippen LogP contribution in [0.25, 0.3) is 0 Å². The largest absolute Gasteiger partial charge is 0.324 e. The maximum Gasteiger partial charge on any atom is 0.324 e. The number of nitrogens with one attached hydrogen (secondary N) is 1. The van der Waals surface area contributed by atoms with Gasteiger partial charge in [0.1, 0.15) is 6.04 Å². The van der Waals surface area contributed by atoms with Crippen molar-refractivity contribution in [2.45, 2.75) is 51.5 Å². The highest BCUT2D eigenvalue weighted by molar-refractivity contribution is 6.03. The molecule has 0 bridgehead atoms. The Morgan fingerprint density at radius 2 is 1.87 bits per heavy atom. The molecule has 15 heavy (non-hydrogen) atoms. The van der Waals surface area contributed by atoms with E-state index in [4.69, 9.17) is 0 Å². The van der Waals surface area contributed by atoms with Crippen molar-refractivity contribution in [3.63, 3.8) is 0 Å². The molecule has 0 saturated carbocycles. The van der Waals surface area contributed by atoms with Crippen LogP contribution in [-0.4, -0.2) is 29.9 Å². The van der Waals surface area contributed by atoms with Crippen LogP contribution in [0.4, 0.5) is 4.79 Å². The molecule has 1 N–H and O–H groups in total. The molecule has 86 valence electrons. The van der Waals surface area contributed by atoms with Crippen LogP contribution in [0, 0.1) is 0 Å². The lowest BCUT2D eigenvalue weighted by molar-refractivity contribution is -0.121. The fourth-order valence-electron chi connectivity index (χ4n) is 1.86. The SMILES string of the molecule is CCCCCCCC1C(=O)NC(=O)N1C. The Morgan fingerprint density at radius 3 is 2.40 bits per heavy atom. The predicted octanol–water partition coefficient (Wildman–Crippen LogP) is 1.90. The van der Waals surface area contributed by atoms with Gasteiger partial charge in [0.15, 0.2) is 0 Å². The first-order valence-corrected chi connectivity index (χ1v) is 5.74. The number of amides is 3. The van der Waals surface area contributed by atoms with Gasteiger partial charge in [0.25, 0.3) is 5.91 Å². The van der Waals surface area contributed by atoms with Crippen molar-refractivity contribution < 1.29 is 9.59 Å². The summed E-state index contributed by atoms with van der Waals surface area (Å²) in [5.41, 5.74) is 0. The van der Waals surface area contributed by atoms with Crippen LogP contribution in [0.15, 0.2) is 0 Å². The number of nitrogens with zero attached hydrogens (tertiary/aromatic N) is 1. The molecule has 1 saturated heterocycles. The van der Waals surface area contributed by atoms with E-state index in [9.17, 15) is 9.59 Å². The molecule has 3 amide bonds. The molecule has 0 aliphatic carbocycles. The van der Waals surface area contributed by atoms with E-state index >= 15 is 0 Å². The van der Waals surface area contributed by atoms with Crippen molar-refractivity contribution in [3.05, 3.63) is 0 Å². The summed E-state index contributed by atoms with van der Waals surface area (Å²) in [6.45, 7) is 2.18. The Labute approximate surface area is 91.0 Å². The minimum atomic E-state index is -0.265. The zero-order chi connectivity index (χ0) is 11.3. The Hall–Kier alpha value is -1.06. The third-order valence-electron chi connectivity index (χ3n) is 2.90. The van der Waals surface area contributed by atoms with Gasteiger partial charge in [-0.2, -0.15) is 0 Å². The number of carbonyl (C=O) groups excluding carboxylic acids is 2. The molecule has 1 atom stereocenters. The second-order valence-electron chi connectivity index (χ2n) is 4.12. The summed E-state index contributed by atoms with van der Waals surface area (Å²) in [7, 11) is 1.68. The van der Waals surface area contributed by atoms with Crippen LogP contribution in [0.5, 0.6) is 0 Å². The van der Waals surface area contributed by atoms with Crippen LogP contribution in [-0.2, 0) is 4.79 Å². The second kappa shape index (κ2) is 5.73. The van der Waals surface area contributed by atoms with Crippen molar-refractivity contribution in [1.29, 1.82) is 0 Å². The number of urea groups is 1. The fraction of sp³-hybridized carbons (Fsp3) is 0.818. The molecule has 4 nitrogen and oxygen atoms in total. The van der Waals surface area contributed by atoms with E-state index in [2.05, 4.69) is 12.2 Å². The van der Waals surface area contributed by atoms with Crippen LogP contribution >= 0.6 is 0 Å². The third kappa shape index (κ3) is 3.22. The molecule has 1 unspecified atom stereocenters.